The van der Waals surface area contributed by atoms with Crippen LogP contribution < -0.4 is 4.90 Å². The zero-order valence-electron chi connectivity index (χ0n) is 13.3. The van der Waals surface area contributed by atoms with E-state index in [1.165, 1.54) is 12.1 Å². The van der Waals surface area contributed by atoms with Crippen molar-refractivity contribution in [2.24, 2.45) is 0 Å². The van der Waals surface area contributed by atoms with E-state index in [-0.39, 0.29) is 11.6 Å². The molecule has 124 valence electrons. The van der Waals surface area contributed by atoms with Crippen LogP contribution >= 0.6 is 0 Å². The van der Waals surface area contributed by atoms with Gasteiger partial charge in [0.25, 0.3) is 11.6 Å². The van der Waals surface area contributed by atoms with Gasteiger partial charge in [0, 0.05) is 55.8 Å². The standard InChI is InChI=1S/C16H17N5O3/c1-12-10-13(2-3-14(12)21(23)24)16(22)20-8-6-19(7-9-20)15-11-17-4-5-18-15/h2-5,10-11H,6-9H2,1H3. The quantitative estimate of drug-likeness (QED) is 0.629. The third-order valence-corrected chi connectivity index (χ3v) is 4.08. The molecule has 1 aromatic carbocycles. The summed E-state index contributed by atoms with van der Waals surface area (Å²) in [6.45, 7) is 4.14. The number of amides is 1. The van der Waals surface area contributed by atoms with E-state index in [4.69, 9.17) is 0 Å². The Labute approximate surface area is 138 Å². The van der Waals surface area contributed by atoms with Gasteiger partial charge >= 0.3 is 0 Å². The zero-order valence-corrected chi connectivity index (χ0v) is 13.3. The van der Waals surface area contributed by atoms with Crippen LogP contribution in [0.5, 0.6) is 0 Å². The van der Waals surface area contributed by atoms with Gasteiger partial charge in [-0.05, 0) is 19.1 Å². The number of nitro benzene ring substituents is 1. The van der Waals surface area contributed by atoms with Crippen LogP contribution in [0, 0.1) is 17.0 Å². The van der Waals surface area contributed by atoms with Crippen molar-refractivity contribution in [2.75, 3.05) is 31.1 Å². The van der Waals surface area contributed by atoms with Gasteiger partial charge in [0.1, 0.15) is 5.82 Å². The lowest BCUT2D eigenvalue weighted by molar-refractivity contribution is -0.385. The SMILES string of the molecule is Cc1cc(C(=O)N2CCN(c3cnccn3)CC2)ccc1[N+](=O)[O-]. The lowest BCUT2D eigenvalue weighted by Gasteiger charge is -2.35. The maximum Gasteiger partial charge on any atom is 0.272 e. The van der Waals surface area contributed by atoms with E-state index in [1.807, 2.05) is 0 Å². The van der Waals surface area contributed by atoms with Crippen LogP contribution in [0.15, 0.2) is 36.8 Å². The number of aromatic nitrogens is 2. The van der Waals surface area contributed by atoms with Crippen molar-refractivity contribution >= 4 is 17.4 Å². The second-order valence-electron chi connectivity index (χ2n) is 5.60. The molecule has 1 aliphatic rings. The third kappa shape index (κ3) is 3.17. The fourth-order valence-corrected chi connectivity index (χ4v) is 2.77. The van der Waals surface area contributed by atoms with Crippen LogP contribution in [-0.4, -0.2) is 51.9 Å². The minimum absolute atomic E-state index is 0.0269. The highest BCUT2D eigenvalue weighted by molar-refractivity contribution is 5.95. The van der Waals surface area contributed by atoms with Crippen LogP contribution in [0.1, 0.15) is 15.9 Å². The molecule has 24 heavy (non-hydrogen) atoms. The summed E-state index contributed by atoms with van der Waals surface area (Å²) in [5.41, 5.74) is 0.995. The Morgan fingerprint density at radius 2 is 1.96 bits per heavy atom. The molecule has 1 saturated heterocycles. The summed E-state index contributed by atoms with van der Waals surface area (Å²) in [4.78, 5) is 35.2. The predicted molar refractivity (Wildman–Crippen MR) is 88.0 cm³/mol. The number of aryl methyl sites for hydroxylation is 1. The van der Waals surface area contributed by atoms with E-state index in [9.17, 15) is 14.9 Å². The maximum atomic E-state index is 12.6. The molecule has 8 heteroatoms. The van der Waals surface area contributed by atoms with Crippen LogP contribution in [-0.2, 0) is 0 Å². The fraction of sp³-hybridized carbons (Fsp3) is 0.312. The van der Waals surface area contributed by atoms with E-state index in [0.717, 1.165) is 5.82 Å². The van der Waals surface area contributed by atoms with Crippen molar-refractivity contribution in [3.05, 3.63) is 58.0 Å². The average Bonchev–Trinajstić information content (AvgIpc) is 2.61. The Morgan fingerprint density at radius 3 is 2.54 bits per heavy atom. The van der Waals surface area contributed by atoms with Crippen LogP contribution in [0.3, 0.4) is 0 Å². The number of hydrogen-bond acceptors (Lipinski definition) is 6. The molecule has 2 aromatic rings. The summed E-state index contributed by atoms with van der Waals surface area (Å²) >= 11 is 0. The number of hydrogen-bond donors (Lipinski definition) is 0. The van der Waals surface area contributed by atoms with Crippen molar-refractivity contribution in [3.8, 4) is 0 Å². The Morgan fingerprint density at radius 1 is 1.21 bits per heavy atom. The molecule has 0 saturated carbocycles. The highest BCUT2D eigenvalue weighted by atomic mass is 16.6. The summed E-state index contributed by atoms with van der Waals surface area (Å²) in [6.07, 6.45) is 4.98. The molecule has 1 aliphatic heterocycles. The zero-order chi connectivity index (χ0) is 17.1. The van der Waals surface area contributed by atoms with Gasteiger partial charge in [-0.1, -0.05) is 0 Å². The van der Waals surface area contributed by atoms with Gasteiger partial charge in [0.15, 0.2) is 0 Å². The third-order valence-electron chi connectivity index (χ3n) is 4.08. The van der Waals surface area contributed by atoms with Crippen molar-refractivity contribution in [1.29, 1.82) is 0 Å². The number of carbonyl (C=O) groups excluding carboxylic acids is 1. The molecular weight excluding hydrogens is 310 g/mol. The first-order valence-electron chi connectivity index (χ1n) is 7.61. The molecular formula is C16H17N5O3. The smallest absolute Gasteiger partial charge is 0.272 e. The molecule has 0 bridgehead atoms. The Bertz CT molecular complexity index is 758. The molecule has 1 aromatic heterocycles. The molecule has 0 spiro atoms. The summed E-state index contributed by atoms with van der Waals surface area (Å²) in [5.74, 6) is 0.697. The predicted octanol–water partition coefficient (Wildman–Crippen LogP) is 1.66. The molecule has 0 aliphatic carbocycles. The van der Waals surface area contributed by atoms with Crippen molar-refractivity contribution in [1.82, 2.24) is 14.9 Å². The largest absolute Gasteiger partial charge is 0.352 e. The van der Waals surface area contributed by atoms with Crippen molar-refractivity contribution in [2.45, 2.75) is 6.92 Å². The first-order chi connectivity index (χ1) is 11.6. The van der Waals surface area contributed by atoms with Crippen molar-refractivity contribution in [3.63, 3.8) is 0 Å². The minimum Gasteiger partial charge on any atom is -0.352 e. The monoisotopic (exact) mass is 327 g/mol. The van der Waals surface area contributed by atoms with E-state index in [2.05, 4.69) is 14.9 Å². The molecule has 1 fully saturated rings. The second kappa shape index (κ2) is 6.61. The number of nitro groups is 1. The lowest BCUT2D eigenvalue weighted by atomic mass is 10.1. The first-order valence-corrected chi connectivity index (χ1v) is 7.61. The summed E-state index contributed by atoms with van der Waals surface area (Å²) in [6, 6.07) is 4.48. The van der Waals surface area contributed by atoms with Crippen molar-refractivity contribution < 1.29 is 9.72 Å². The van der Waals surface area contributed by atoms with E-state index >= 15 is 0 Å². The van der Waals surface area contributed by atoms with E-state index in [1.54, 1.807) is 36.5 Å². The number of nitrogens with zero attached hydrogens (tertiary/aromatic N) is 5. The van der Waals surface area contributed by atoms with Gasteiger partial charge in [-0.3, -0.25) is 19.9 Å². The summed E-state index contributed by atoms with van der Waals surface area (Å²) in [7, 11) is 0. The molecule has 1 amide bonds. The van der Waals surface area contributed by atoms with Gasteiger partial charge in [-0.2, -0.15) is 0 Å². The Balaban J connectivity index is 1.67. The average molecular weight is 327 g/mol. The van der Waals surface area contributed by atoms with Gasteiger partial charge in [-0.15, -0.1) is 0 Å². The van der Waals surface area contributed by atoms with Crippen LogP contribution in [0.4, 0.5) is 11.5 Å². The van der Waals surface area contributed by atoms with Gasteiger partial charge in [0.2, 0.25) is 0 Å². The minimum atomic E-state index is -0.441. The first kappa shape index (κ1) is 15.9. The summed E-state index contributed by atoms with van der Waals surface area (Å²) < 4.78 is 0. The van der Waals surface area contributed by atoms with Crippen LogP contribution in [0.2, 0.25) is 0 Å². The molecule has 3 rings (SSSR count). The molecule has 0 radical (unpaired) electrons. The van der Waals surface area contributed by atoms with E-state index in [0.29, 0.717) is 37.3 Å². The van der Waals surface area contributed by atoms with E-state index < -0.39 is 4.92 Å². The fourth-order valence-electron chi connectivity index (χ4n) is 2.77. The van der Waals surface area contributed by atoms with Gasteiger partial charge in [0.05, 0.1) is 11.1 Å². The molecule has 0 N–H and O–H groups in total. The summed E-state index contributed by atoms with van der Waals surface area (Å²) in [5, 5.41) is 10.9. The molecule has 2 heterocycles. The van der Waals surface area contributed by atoms with Gasteiger partial charge < -0.3 is 9.80 Å². The Hall–Kier alpha value is -3.03. The molecule has 8 nitrogen and oxygen atoms in total. The number of piperazine rings is 1. The number of rotatable bonds is 3. The number of carbonyl (C=O) groups is 1. The molecule has 0 unspecified atom stereocenters. The number of anilines is 1. The highest BCUT2D eigenvalue weighted by Crippen LogP contribution is 2.20. The van der Waals surface area contributed by atoms with Crippen LogP contribution in [0.25, 0.3) is 0 Å². The molecule has 0 atom stereocenters. The maximum absolute atomic E-state index is 12.6. The Kier molecular flexibility index (Phi) is 4.37. The normalized spacial score (nSPS) is 14.5. The second-order valence-corrected chi connectivity index (χ2v) is 5.60. The van der Waals surface area contributed by atoms with Gasteiger partial charge in [-0.25, -0.2) is 4.98 Å². The highest BCUT2D eigenvalue weighted by Gasteiger charge is 2.24. The topological polar surface area (TPSA) is 92.5 Å². The number of benzene rings is 1. The lowest BCUT2D eigenvalue weighted by Crippen LogP contribution is -2.49.